The molecule has 0 aliphatic heterocycles. The van der Waals surface area contributed by atoms with Crippen molar-refractivity contribution in [2.75, 3.05) is 12.0 Å². The maximum absolute atomic E-state index is 12.8. The normalized spacial score (nSPS) is 16.6. The van der Waals surface area contributed by atoms with Crippen molar-refractivity contribution < 1.29 is 46.5 Å². The van der Waals surface area contributed by atoms with Crippen LogP contribution in [0.25, 0.3) is 11.3 Å². The van der Waals surface area contributed by atoms with Gasteiger partial charge in [-0.3, -0.25) is 19.5 Å². The standard InChI is InChI=1S/C20H24F2N6O4.C4H6F2O2/c1-31-20-26-8-12(9-27-20)15-10-25-17(11-24-15)28(18(29)7-6-16(21)22)13-2-4-14(5-3-13)32-19(23)30;5-3(6)1-2-4(7)8/h8-11,13-14,16H,2-7H2,1H3,(H2,23,30);3H,1-2H2,(H,7,8). The first-order valence-corrected chi connectivity index (χ1v) is 12.2. The summed E-state index contributed by atoms with van der Waals surface area (Å²) in [5.41, 5.74) is 6.16. The van der Waals surface area contributed by atoms with Crippen LogP contribution < -0.4 is 15.4 Å². The molecule has 1 aliphatic carbocycles. The third-order valence-electron chi connectivity index (χ3n) is 5.70. The molecule has 1 fully saturated rings. The second-order valence-corrected chi connectivity index (χ2v) is 8.60. The summed E-state index contributed by atoms with van der Waals surface area (Å²) in [5.74, 6) is -1.37. The monoisotopic (exact) mass is 574 g/mol. The van der Waals surface area contributed by atoms with Crippen LogP contribution in [-0.4, -0.2) is 75.1 Å². The Morgan fingerprint density at radius 3 is 2.00 bits per heavy atom. The maximum atomic E-state index is 12.8. The second kappa shape index (κ2) is 16.1. The molecule has 3 rings (SSSR count). The van der Waals surface area contributed by atoms with Crippen molar-refractivity contribution in [3.05, 3.63) is 24.8 Å². The molecule has 0 atom stereocenters. The van der Waals surface area contributed by atoms with Crippen molar-refractivity contribution in [1.29, 1.82) is 0 Å². The number of alkyl halides is 4. The van der Waals surface area contributed by atoms with Crippen molar-refractivity contribution >= 4 is 23.8 Å². The van der Waals surface area contributed by atoms with Gasteiger partial charge in [-0.1, -0.05) is 0 Å². The zero-order valence-corrected chi connectivity index (χ0v) is 21.6. The van der Waals surface area contributed by atoms with E-state index in [1.54, 1.807) is 0 Å². The third kappa shape index (κ3) is 10.9. The van der Waals surface area contributed by atoms with E-state index in [0.29, 0.717) is 36.9 Å². The Kier molecular flexibility index (Phi) is 12.9. The van der Waals surface area contributed by atoms with E-state index in [1.807, 2.05) is 0 Å². The molecular weight excluding hydrogens is 544 g/mol. The summed E-state index contributed by atoms with van der Waals surface area (Å²) in [6, 6.07) is -0.0672. The molecule has 1 saturated carbocycles. The molecule has 16 heteroatoms. The first-order chi connectivity index (χ1) is 19.0. The number of carboxylic acids is 1. The number of halogens is 4. The molecule has 2 aromatic heterocycles. The van der Waals surface area contributed by atoms with Gasteiger partial charge in [0.25, 0.3) is 0 Å². The van der Waals surface area contributed by atoms with Gasteiger partial charge in [-0.25, -0.2) is 37.3 Å². The van der Waals surface area contributed by atoms with Gasteiger partial charge in [0, 0.05) is 43.3 Å². The number of hydrogen-bond donors (Lipinski definition) is 2. The highest BCUT2D eigenvalue weighted by Gasteiger charge is 2.32. The van der Waals surface area contributed by atoms with Crippen molar-refractivity contribution in [3.63, 3.8) is 0 Å². The molecule has 2 amide bonds. The van der Waals surface area contributed by atoms with E-state index in [0.717, 1.165) is 0 Å². The zero-order valence-electron chi connectivity index (χ0n) is 21.6. The van der Waals surface area contributed by atoms with Gasteiger partial charge in [0.2, 0.25) is 18.8 Å². The average molecular weight is 575 g/mol. The molecule has 0 bridgehead atoms. The number of carbonyl (C=O) groups excluding carboxylic acids is 2. The Labute approximate surface area is 226 Å². The lowest BCUT2D eigenvalue weighted by Gasteiger charge is -2.35. The fourth-order valence-corrected chi connectivity index (χ4v) is 3.84. The van der Waals surface area contributed by atoms with Crippen LogP contribution in [0.5, 0.6) is 6.01 Å². The lowest BCUT2D eigenvalue weighted by Crippen LogP contribution is -2.44. The van der Waals surface area contributed by atoms with E-state index in [1.165, 1.54) is 36.8 Å². The lowest BCUT2D eigenvalue weighted by atomic mass is 9.91. The first-order valence-electron chi connectivity index (χ1n) is 12.2. The van der Waals surface area contributed by atoms with Gasteiger partial charge in [0.1, 0.15) is 6.10 Å². The van der Waals surface area contributed by atoms with E-state index in [4.69, 9.17) is 20.3 Å². The zero-order chi connectivity index (χ0) is 29.7. The van der Waals surface area contributed by atoms with Crippen LogP contribution in [0.2, 0.25) is 0 Å². The fourth-order valence-electron chi connectivity index (χ4n) is 3.84. The number of nitrogens with zero attached hydrogens (tertiary/aromatic N) is 5. The number of amides is 2. The molecule has 1 aliphatic rings. The average Bonchev–Trinajstić information content (AvgIpc) is 2.92. The predicted molar refractivity (Wildman–Crippen MR) is 132 cm³/mol. The molecule has 0 unspecified atom stereocenters. The summed E-state index contributed by atoms with van der Waals surface area (Å²) in [6.45, 7) is 0. The summed E-state index contributed by atoms with van der Waals surface area (Å²) in [4.78, 5) is 51.5. The van der Waals surface area contributed by atoms with Gasteiger partial charge < -0.3 is 20.3 Å². The van der Waals surface area contributed by atoms with Crippen LogP contribution >= 0.6 is 0 Å². The lowest BCUT2D eigenvalue weighted by molar-refractivity contribution is -0.137. The van der Waals surface area contributed by atoms with Crippen LogP contribution in [0.1, 0.15) is 51.4 Å². The van der Waals surface area contributed by atoms with Crippen LogP contribution in [0.3, 0.4) is 0 Å². The number of rotatable bonds is 11. The predicted octanol–water partition coefficient (Wildman–Crippen LogP) is 3.84. The topological polar surface area (TPSA) is 171 Å². The minimum absolute atomic E-state index is 0.213. The van der Waals surface area contributed by atoms with Gasteiger partial charge in [0.15, 0.2) is 5.82 Å². The summed E-state index contributed by atoms with van der Waals surface area (Å²) in [5, 5.41) is 7.83. The van der Waals surface area contributed by atoms with E-state index >= 15 is 0 Å². The molecule has 40 heavy (non-hydrogen) atoms. The maximum Gasteiger partial charge on any atom is 0.404 e. The van der Waals surface area contributed by atoms with Crippen molar-refractivity contribution in [3.8, 4) is 17.3 Å². The Morgan fingerprint density at radius 1 is 0.950 bits per heavy atom. The summed E-state index contributed by atoms with van der Waals surface area (Å²) in [6.07, 6.45) is -0.126. The summed E-state index contributed by atoms with van der Waals surface area (Å²) < 4.78 is 57.6. The van der Waals surface area contributed by atoms with Crippen LogP contribution in [0, 0.1) is 0 Å². The number of methoxy groups -OCH3 is 1. The number of carbonyl (C=O) groups is 3. The van der Waals surface area contributed by atoms with E-state index < -0.39 is 50.1 Å². The minimum atomic E-state index is -2.58. The van der Waals surface area contributed by atoms with Crippen molar-refractivity contribution in [2.24, 2.45) is 5.73 Å². The SMILES string of the molecule is COc1ncc(-c2cnc(N(C(=O)CCC(F)F)C3CCC(OC(N)=O)CC3)cn2)cn1.O=C(O)CCC(F)F. The highest BCUT2D eigenvalue weighted by Crippen LogP contribution is 2.29. The Balaban J connectivity index is 0.000000611. The van der Waals surface area contributed by atoms with Gasteiger partial charge >= 0.3 is 18.1 Å². The molecule has 0 spiro atoms. The number of anilines is 1. The minimum Gasteiger partial charge on any atom is -0.481 e. The molecule has 0 radical (unpaired) electrons. The number of aliphatic carboxylic acids is 1. The Morgan fingerprint density at radius 2 is 1.55 bits per heavy atom. The van der Waals surface area contributed by atoms with E-state index in [2.05, 4.69) is 19.9 Å². The van der Waals surface area contributed by atoms with Gasteiger partial charge in [-0.2, -0.15) is 0 Å². The molecule has 0 aromatic carbocycles. The Hall–Kier alpha value is -4.11. The molecule has 2 heterocycles. The Bertz CT molecular complexity index is 1090. The van der Waals surface area contributed by atoms with Crippen LogP contribution in [0.15, 0.2) is 24.8 Å². The van der Waals surface area contributed by atoms with Gasteiger partial charge in [0.05, 0.1) is 31.6 Å². The smallest absolute Gasteiger partial charge is 0.404 e. The number of carboxylic acid groups (broad SMARTS) is 1. The molecular formula is C24H30F4N6O6. The number of nitrogens with two attached hydrogens (primary N) is 1. The second-order valence-electron chi connectivity index (χ2n) is 8.60. The number of ether oxygens (including phenoxy) is 2. The molecule has 220 valence electrons. The number of aromatic nitrogens is 4. The van der Waals surface area contributed by atoms with Gasteiger partial charge in [-0.15, -0.1) is 0 Å². The molecule has 2 aromatic rings. The van der Waals surface area contributed by atoms with Crippen molar-refractivity contribution in [2.45, 2.75) is 76.4 Å². The van der Waals surface area contributed by atoms with Crippen molar-refractivity contribution in [1.82, 2.24) is 19.9 Å². The molecule has 12 nitrogen and oxygen atoms in total. The summed E-state index contributed by atoms with van der Waals surface area (Å²) in [7, 11) is 1.46. The number of hydrogen-bond acceptors (Lipinski definition) is 9. The highest BCUT2D eigenvalue weighted by molar-refractivity contribution is 5.93. The van der Waals surface area contributed by atoms with Gasteiger partial charge in [-0.05, 0) is 25.7 Å². The number of primary amides is 1. The summed E-state index contributed by atoms with van der Waals surface area (Å²) >= 11 is 0. The third-order valence-corrected chi connectivity index (χ3v) is 5.70. The van der Waals surface area contributed by atoms with Crippen LogP contribution in [-0.2, 0) is 14.3 Å². The quantitative estimate of drug-likeness (QED) is 0.376. The van der Waals surface area contributed by atoms with Crippen LogP contribution in [0.4, 0.5) is 28.2 Å². The molecule has 3 N–H and O–H groups in total. The van der Waals surface area contributed by atoms with E-state index in [-0.39, 0.29) is 30.4 Å². The largest absolute Gasteiger partial charge is 0.481 e. The van der Waals surface area contributed by atoms with E-state index in [9.17, 15) is 31.9 Å². The first kappa shape index (κ1) is 32.1. The highest BCUT2D eigenvalue weighted by atomic mass is 19.3. The fraction of sp³-hybridized carbons (Fsp3) is 0.542. The molecule has 0 saturated heterocycles.